The highest BCUT2D eigenvalue weighted by atomic mass is 79.9. The Kier molecular flexibility index (Phi) is 6.97. The molecule has 1 unspecified atom stereocenters. The molecule has 1 atom stereocenters. The molecule has 4 nitrogen and oxygen atoms in total. The van der Waals surface area contributed by atoms with E-state index >= 15 is 0 Å². The molecular weight excluding hydrogens is 356 g/mol. The Labute approximate surface area is 140 Å². The highest BCUT2D eigenvalue weighted by Crippen LogP contribution is 2.32. The van der Waals surface area contributed by atoms with Crippen molar-refractivity contribution in [1.29, 1.82) is 0 Å². The van der Waals surface area contributed by atoms with Gasteiger partial charge in [0.05, 0.1) is 6.10 Å². The summed E-state index contributed by atoms with van der Waals surface area (Å²) >= 11 is 3.41. The largest absolute Gasteiger partial charge is 0.491 e. The van der Waals surface area contributed by atoms with Crippen molar-refractivity contribution in [3.63, 3.8) is 0 Å². The molecule has 0 spiro atoms. The Morgan fingerprint density at radius 3 is 2.62 bits per heavy atom. The molecule has 1 aromatic rings. The predicted molar refractivity (Wildman–Crippen MR) is 90.2 cm³/mol. The van der Waals surface area contributed by atoms with Gasteiger partial charge in [-0.3, -0.25) is 4.79 Å². The number of rotatable bonds is 6. The van der Waals surface area contributed by atoms with Crippen molar-refractivity contribution >= 4 is 34.2 Å². The van der Waals surface area contributed by atoms with E-state index in [4.69, 9.17) is 10.5 Å². The van der Waals surface area contributed by atoms with Crippen molar-refractivity contribution in [1.82, 2.24) is 5.32 Å². The minimum absolute atomic E-state index is 0. The summed E-state index contributed by atoms with van der Waals surface area (Å²) in [5, 5.41) is 3.01. The average molecular weight is 378 g/mol. The maximum atomic E-state index is 12.3. The molecule has 118 valence electrons. The summed E-state index contributed by atoms with van der Waals surface area (Å²) in [6.07, 6.45) is 2.38. The third-order valence-electron chi connectivity index (χ3n) is 3.27. The van der Waals surface area contributed by atoms with Crippen molar-refractivity contribution in [2.45, 2.75) is 38.8 Å². The van der Waals surface area contributed by atoms with E-state index in [1.54, 1.807) is 12.1 Å². The van der Waals surface area contributed by atoms with E-state index in [0.717, 1.165) is 17.3 Å². The smallest absolute Gasteiger partial charge is 0.251 e. The van der Waals surface area contributed by atoms with Crippen molar-refractivity contribution in [2.24, 2.45) is 11.7 Å². The number of benzene rings is 1. The van der Waals surface area contributed by atoms with Crippen LogP contribution in [-0.2, 0) is 0 Å². The number of nitrogens with one attached hydrogen (secondary N) is 1. The number of carbonyl (C=O) groups is 1. The van der Waals surface area contributed by atoms with E-state index in [1.165, 1.54) is 0 Å². The molecule has 1 aliphatic rings. The second-order valence-electron chi connectivity index (χ2n) is 5.50. The van der Waals surface area contributed by atoms with Crippen molar-refractivity contribution in [2.75, 3.05) is 6.54 Å². The molecule has 0 aromatic heterocycles. The van der Waals surface area contributed by atoms with E-state index in [-0.39, 0.29) is 30.5 Å². The van der Waals surface area contributed by atoms with Gasteiger partial charge in [0.1, 0.15) is 5.75 Å². The van der Waals surface area contributed by atoms with Crippen LogP contribution in [0.2, 0.25) is 0 Å². The van der Waals surface area contributed by atoms with Crippen LogP contribution in [0.3, 0.4) is 0 Å². The summed E-state index contributed by atoms with van der Waals surface area (Å²) in [4.78, 5) is 12.3. The molecule has 1 aliphatic carbocycles. The first-order chi connectivity index (χ1) is 9.49. The summed E-state index contributed by atoms with van der Waals surface area (Å²) in [5.74, 6) is 1.14. The molecule has 2 rings (SSSR count). The molecule has 0 bridgehead atoms. The van der Waals surface area contributed by atoms with Crippen molar-refractivity contribution in [3.05, 3.63) is 28.2 Å². The van der Waals surface area contributed by atoms with Gasteiger partial charge in [0.15, 0.2) is 0 Å². The topological polar surface area (TPSA) is 64.3 Å². The van der Waals surface area contributed by atoms with Crippen LogP contribution in [0.1, 0.15) is 37.0 Å². The van der Waals surface area contributed by atoms with Gasteiger partial charge in [-0.1, -0.05) is 15.9 Å². The van der Waals surface area contributed by atoms with Crippen LogP contribution >= 0.6 is 28.3 Å². The first kappa shape index (κ1) is 18.3. The Bertz CT molecular complexity index is 493. The van der Waals surface area contributed by atoms with Gasteiger partial charge >= 0.3 is 0 Å². The molecule has 6 heteroatoms. The van der Waals surface area contributed by atoms with Crippen LogP contribution in [0.15, 0.2) is 22.7 Å². The molecule has 1 fully saturated rings. The highest BCUT2D eigenvalue weighted by molar-refractivity contribution is 9.10. The molecule has 1 saturated carbocycles. The first-order valence-corrected chi connectivity index (χ1v) is 7.77. The van der Waals surface area contributed by atoms with Crippen LogP contribution < -0.4 is 15.8 Å². The predicted octanol–water partition coefficient (Wildman–Crippen LogP) is 3.13. The Hall–Kier alpha value is -0.780. The lowest BCUT2D eigenvalue weighted by Gasteiger charge is -2.17. The zero-order valence-electron chi connectivity index (χ0n) is 12.3. The van der Waals surface area contributed by atoms with Crippen LogP contribution in [0.25, 0.3) is 0 Å². The van der Waals surface area contributed by atoms with Gasteiger partial charge in [-0.2, -0.15) is 0 Å². The van der Waals surface area contributed by atoms with Gasteiger partial charge in [0.2, 0.25) is 0 Å². The van der Waals surface area contributed by atoms with Crippen LogP contribution in [-0.4, -0.2) is 24.6 Å². The fraction of sp³-hybridized carbons (Fsp3) is 0.533. The van der Waals surface area contributed by atoms with E-state index in [9.17, 15) is 4.79 Å². The number of nitrogens with two attached hydrogens (primary N) is 1. The maximum Gasteiger partial charge on any atom is 0.251 e. The first-order valence-electron chi connectivity index (χ1n) is 6.97. The summed E-state index contributed by atoms with van der Waals surface area (Å²) < 4.78 is 6.47. The second kappa shape index (κ2) is 8.01. The lowest BCUT2D eigenvalue weighted by molar-refractivity contribution is 0.0932. The molecule has 1 aromatic carbocycles. The van der Waals surface area contributed by atoms with Crippen molar-refractivity contribution in [3.8, 4) is 5.75 Å². The van der Waals surface area contributed by atoms with E-state index in [0.29, 0.717) is 23.8 Å². The number of carbonyl (C=O) groups excluding carboxylic acids is 1. The zero-order valence-corrected chi connectivity index (χ0v) is 14.7. The summed E-state index contributed by atoms with van der Waals surface area (Å²) in [5.41, 5.74) is 6.31. The minimum Gasteiger partial charge on any atom is -0.491 e. The summed E-state index contributed by atoms with van der Waals surface area (Å²) in [6, 6.07) is 5.50. The fourth-order valence-corrected chi connectivity index (χ4v) is 2.63. The SMILES string of the molecule is CC(C)Oc1cc(Br)cc(C(=O)NC(CN)C2CC2)c1.Cl. The molecule has 1 amide bonds. The maximum absolute atomic E-state index is 12.3. The van der Waals surface area contributed by atoms with E-state index in [2.05, 4.69) is 21.2 Å². The van der Waals surface area contributed by atoms with Crippen LogP contribution in [0.4, 0.5) is 0 Å². The molecule has 21 heavy (non-hydrogen) atoms. The summed E-state index contributed by atoms with van der Waals surface area (Å²) in [7, 11) is 0. The Morgan fingerprint density at radius 2 is 2.10 bits per heavy atom. The van der Waals surface area contributed by atoms with Gasteiger partial charge in [-0.15, -0.1) is 12.4 Å². The van der Waals surface area contributed by atoms with Gasteiger partial charge in [0, 0.05) is 22.6 Å². The third kappa shape index (κ3) is 5.49. The quantitative estimate of drug-likeness (QED) is 0.800. The number of ether oxygens (including phenoxy) is 1. The Balaban J connectivity index is 0.00000220. The normalized spacial score (nSPS) is 15.3. The highest BCUT2D eigenvalue weighted by Gasteiger charge is 2.31. The standard InChI is InChI=1S/C15H21BrN2O2.ClH/c1-9(2)20-13-6-11(5-12(16)7-13)15(19)18-14(8-17)10-3-4-10;/h5-7,9-10,14H,3-4,8,17H2,1-2H3,(H,18,19);1H. The Morgan fingerprint density at radius 1 is 1.43 bits per heavy atom. The van der Waals surface area contributed by atoms with Gasteiger partial charge in [-0.05, 0) is 50.8 Å². The van der Waals surface area contributed by atoms with Gasteiger partial charge in [0.25, 0.3) is 5.91 Å². The molecular formula is C15H22BrClN2O2. The third-order valence-corrected chi connectivity index (χ3v) is 3.72. The molecule has 3 N–H and O–H groups in total. The fourth-order valence-electron chi connectivity index (χ4n) is 2.15. The van der Waals surface area contributed by atoms with E-state index < -0.39 is 0 Å². The monoisotopic (exact) mass is 376 g/mol. The van der Waals surface area contributed by atoms with E-state index in [1.807, 2.05) is 19.9 Å². The number of hydrogen-bond acceptors (Lipinski definition) is 3. The average Bonchev–Trinajstić information content (AvgIpc) is 3.18. The molecule has 0 heterocycles. The lowest BCUT2D eigenvalue weighted by atomic mass is 10.1. The molecule has 0 radical (unpaired) electrons. The van der Waals surface area contributed by atoms with Gasteiger partial charge in [-0.25, -0.2) is 0 Å². The van der Waals surface area contributed by atoms with Crippen LogP contribution in [0, 0.1) is 5.92 Å². The molecule has 0 saturated heterocycles. The molecule has 0 aliphatic heterocycles. The number of amides is 1. The van der Waals surface area contributed by atoms with Crippen LogP contribution in [0.5, 0.6) is 5.75 Å². The second-order valence-corrected chi connectivity index (χ2v) is 6.41. The van der Waals surface area contributed by atoms with Crippen molar-refractivity contribution < 1.29 is 9.53 Å². The number of halogens is 2. The lowest BCUT2D eigenvalue weighted by Crippen LogP contribution is -2.41. The number of hydrogen-bond donors (Lipinski definition) is 2. The minimum atomic E-state index is -0.0951. The summed E-state index contributed by atoms with van der Waals surface area (Å²) in [6.45, 7) is 4.40. The van der Waals surface area contributed by atoms with Gasteiger partial charge < -0.3 is 15.8 Å². The zero-order chi connectivity index (χ0) is 14.7.